The molecule has 5 aromatic heterocycles. The lowest BCUT2D eigenvalue weighted by molar-refractivity contribution is 0.483. The van der Waals surface area contributed by atoms with E-state index in [0.717, 1.165) is 61.4 Å². The molecule has 9 aromatic rings. The van der Waals surface area contributed by atoms with Gasteiger partial charge in [-0.15, -0.1) is 0 Å². The van der Waals surface area contributed by atoms with Crippen LogP contribution in [0.3, 0.4) is 0 Å². The van der Waals surface area contributed by atoms with Gasteiger partial charge < -0.3 is 4.74 Å². The fourth-order valence-electron chi connectivity index (χ4n) is 6.48. The summed E-state index contributed by atoms with van der Waals surface area (Å²) >= 11 is 0. The second-order valence-corrected chi connectivity index (χ2v) is 11.9. The van der Waals surface area contributed by atoms with Crippen molar-refractivity contribution in [3.63, 3.8) is 0 Å². The molecule has 0 saturated heterocycles. The zero-order valence-corrected chi connectivity index (χ0v) is 26.9. The molecular formula is C41H28N8O. The number of fused-ring (bicyclic) bond motifs is 3. The first-order chi connectivity index (χ1) is 24.7. The molecule has 0 aliphatic rings. The van der Waals surface area contributed by atoms with Gasteiger partial charge in [-0.05, 0) is 72.6 Å². The molecule has 9 nitrogen and oxygen atoms in total. The third-order valence-corrected chi connectivity index (χ3v) is 8.67. The van der Waals surface area contributed by atoms with E-state index in [-0.39, 0.29) is 0 Å². The van der Waals surface area contributed by atoms with Gasteiger partial charge in [-0.25, -0.2) is 29.6 Å². The summed E-state index contributed by atoms with van der Waals surface area (Å²) in [5.41, 5.74) is 8.87. The smallest absolute Gasteiger partial charge is 0.137 e. The van der Waals surface area contributed by atoms with E-state index < -0.39 is 0 Å². The van der Waals surface area contributed by atoms with Gasteiger partial charge in [0.05, 0.1) is 28.1 Å². The van der Waals surface area contributed by atoms with E-state index in [9.17, 15) is 0 Å². The van der Waals surface area contributed by atoms with Crippen LogP contribution in [0.2, 0.25) is 0 Å². The minimum absolute atomic E-state index is 0.659. The van der Waals surface area contributed by atoms with Crippen LogP contribution in [-0.2, 0) is 0 Å². The van der Waals surface area contributed by atoms with Gasteiger partial charge in [-0.1, -0.05) is 54.6 Å². The molecule has 0 N–H and O–H groups in total. The van der Waals surface area contributed by atoms with Crippen LogP contribution in [0, 0.1) is 6.92 Å². The fraction of sp³-hybridized carbons (Fsp3) is 0.0244. The quantitative estimate of drug-likeness (QED) is 0.170. The number of hydrogen-bond donors (Lipinski definition) is 0. The molecule has 4 aromatic carbocycles. The minimum Gasteiger partial charge on any atom is -0.457 e. The Kier molecular flexibility index (Phi) is 7.13. The maximum Gasteiger partial charge on any atom is 0.137 e. The molecular weight excluding hydrogens is 621 g/mol. The van der Waals surface area contributed by atoms with E-state index in [0.29, 0.717) is 22.9 Å². The van der Waals surface area contributed by atoms with Crippen molar-refractivity contribution in [1.29, 1.82) is 0 Å². The molecule has 50 heavy (non-hydrogen) atoms. The number of para-hydroxylation sites is 1. The number of rotatable bonds is 7. The average molecular weight is 649 g/mol. The van der Waals surface area contributed by atoms with Crippen LogP contribution >= 0.6 is 0 Å². The SMILES string of the molecule is Cc1ccnc(-n2c3ccccc3c3ccc(Oc4cccc(-n5nc(-c6ccncn6)c(-c6ccccc6)c5-c5ccncn5)c4)cc32)c1. The molecule has 0 radical (unpaired) electrons. The third kappa shape index (κ3) is 5.14. The lowest BCUT2D eigenvalue weighted by Gasteiger charge is -2.12. The molecule has 0 spiro atoms. The number of pyridine rings is 1. The lowest BCUT2D eigenvalue weighted by atomic mass is 9.99. The van der Waals surface area contributed by atoms with Crippen molar-refractivity contribution >= 4 is 21.8 Å². The molecule has 0 aliphatic carbocycles. The third-order valence-electron chi connectivity index (χ3n) is 8.67. The lowest BCUT2D eigenvalue weighted by Crippen LogP contribution is -2.01. The van der Waals surface area contributed by atoms with E-state index >= 15 is 0 Å². The summed E-state index contributed by atoms with van der Waals surface area (Å²) in [5, 5.41) is 7.45. The first kappa shape index (κ1) is 29.2. The van der Waals surface area contributed by atoms with Gasteiger partial charge in [0.15, 0.2) is 0 Å². The van der Waals surface area contributed by atoms with Crippen molar-refractivity contribution in [2.45, 2.75) is 6.92 Å². The maximum absolute atomic E-state index is 6.59. The highest BCUT2D eigenvalue weighted by atomic mass is 16.5. The molecule has 0 saturated carbocycles. The number of aromatic nitrogens is 8. The molecule has 9 heteroatoms. The van der Waals surface area contributed by atoms with Crippen molar-refractivity contribution in [3.8, 4) is 56.9 Å². The van der Waals surface area contributed by atoms with Crippen LogP contribution in [0.4, 0.5) is 0 Å². The standard InChI is InChI=1S/C41H28N8O/c1-27-16-21-44-38(22-27)48-36-13-6-5-12-32(36)33-15-14-31(24-37(33)48)50-30-11-7-10-29(23-30)49-41(35-18-20-43-26-46-35)39(28-8-3-2-4-9-28)40(47-49)34-17-19-42-25-45-34/h2-26H,1H3. The van der Waals surface area contributed by atoms with Gasteiger partial charge in [0.1, 0.15) is 41.4 Å². The molecule has 0 bridgehead atoms. The van der Waals surface area contributed by atoms with E-state index in [4.69, 9.17) is 14.8 Å². The Labute approximate surface area is 287 Å². The van der Waals surface area contributed by atoms with Gasteiger partial charge in [-0.3, -0.25) is 4.57 Å². The Morgan fingerprint density at radius 1 is 0.580 bits per heavy atom. The van der Waals surface area contributed by atoms with Gasteiger partial charge in [0.25, 0.3) is 0 Å². The summed E-state index contributed by atoms with van der Waals surface area (Å²) < 4.78 is 10.7. The number of nitrogens with zero attached hydrogens (tertiary/aromatic N) is 8. The minimum atomic E-state index is 0.659. The normalized spacial score (nSPS) is 11.3. The fourth-order valence-corrected chi connectivity index (χ4v) is 6.48. The molecule has 0 fully saturated rings. The zero-order chi connectivity index (χ0) is 33.4. The summed E-state index contributed by atoms with van der Waals surface area (Å²) in [6.45, 7) is 2.08. The highest BCUT2D eigenvalue weighted by Gasteiger charge is 2.25. The van der Waals surface area contributed by atoms with Crippen LogP contribution in [0.5, 0.6) is 11.5 Å². The van der Waals surface area contributed by atoms with Crippen molar-refractivity contribution in [3.05, 3.63) is 158 Å². The summed E-state index contributed by atoms with van der Waals surface area (Å²) in [6, 6.07) is 40.5. The second-order valence-electron chi connectivity index (χ2n) is 11.9. The summed E-state index contributed by atoms with van der Waals surface area (Å²) in [6.07, 6.45) is 8.39. The van der Waals surface area contributed by atoms with Crippen LogP contribution in [-0.4, -0.2) is 39.3 Å². The Balaban J connectivity index is 1.18. The summed E-state index contributed by atoms with van der Waals surface area (Å²) in [4.78, 5) is 22.3. The van der Waals surface area contributed by atoms with Crippen LogP contribution in [0.15, 0.2) is 153 Å². The van der Waals surface area contributed by atoms with Crippen molar-refractivity contribution in [2.75, 3.05) is 0 Å². The van der Waals surface area contributed by atoms with Gasteiger partial charge >= 0.3 is 0 Å². The maximum atomic E-state index is 6.59. The zero-order valence-electron chi connectivity index (χ0n) is 26.9. The van der Waals surface area contributed by atoms with Crippen molar-refractivity contribution in [2.24, 2.45) is 0 Å². The molecule has 0 atom stereocenters. The average Bonchev–Trinajstić information content (AvgIpc) is 3.73. The molecule has 0 aliphatic heterocycles. The largest absolute Gasteiger partial charge is 0.457 e. The summed E-state index contributed by atoms with van der Waals surface area (Å²) in [7, 11) is 0. The predicted molar refractivity (Wildman–Crippen MR) is 194 cm³/mol. The molecule has 0 unspecified atom stereocenters. The summed E-state index contributed by atoms with van der Waals surface area (Å²) in [5.74, 6) is 2.22. The van der Waals surface area contributed by atoms with Crippen LogP contribution in [0.25, 0.3) is 67.2 Å². The highest BCUT2D eigenvalue weighted by molar-refractivity contribution is 6.09. The van der Waals surface area contributed by atoms with E-state index in [2.05, 4.69) is 86.0 Å². The number of ether oxygens (including phenoxy) is 1. The predicted octanol–water partition coefficient (Wildman–Crippen LogP) is 9.05. The molecule has 5 heterocycles. The first-order valence-corrected chi connectivity index (χ1v) is 16.2. The van der Waals surface area contributed by atoms with E-state index in [1.165, 1.54) is 6.33 Å². The number of aryl methyl sites for hydroxylation is 1. The Bertz CT molecular complexity index is 2630. The topological polar surface area (TPSA) is 96.4 Å². The van der Waals surface area contributed by atoms with Crippen molar-refractivity contribution in [1.82, 2.24) is 39.3 Å². The Morgan fingerprint density at radius 2 is 1.34 bits per heavy atom. The van der Waals surface area contributed by atoms with Gasteiger partial charge in [0, 0.05) is 47.1 Å². The van der Waals surface area contributed by atoms with Crippen molar-refractivity contribution < 1.29 is 4.74 Å². The van der Waals surface area contributed by atoms with Crippen LogP contribution in [0.1, 0.15) is 5.56 Å². The van der Waals surface area contributed by atoms with Gasteiger partial charge in [-0.2, -0.15) is 5.10 Å². The number of benzene rings is 4. The molecule has 238 valence electrons. The molecule has 0 amide bonds. The van der Waals surface area contributed by atoms with E-state index in [1.807, 2.05) is 77.6 Å². The monoisotopic (exact) mass is 648 g/mol. The van der Waals surface area contributed by atoms with Gasteiger partial charge in [0.2, 0.25) is 0 Å². The first-order valence-electron chi connectivity index (χ1n) is 16.2. The molecule has 9 rings (SSSR count). The van der Waals surface area contributed by atoms with E-state index in [1.54, 1.807) is 18.7 Å². The highest BCUT2D eigenvalue weighted by Crippen LogP contribution is 2.41. The Hall–Kier alpha value is -7.00. The number of hydrogen-bond acceptors (Lipinski definition) is 7. The Morgan fingerprint density at radius 3 is 2.14 bits per heavy atom. The second kappa shape index (κ2) is 12.2. The van der Waals surface area contributed by atoms with Crippen LogP contribution < -0.4 is 4.74 Å².